The summed E-state index contributed by atoms with van der Waals surface area (Å²) in [6, 6.07) is 31.5. The number of carbonyl (C=O) groups is 1. The van der Waals surface area contributed by atoms with Gasteiger partial charge in [-0.2, -0.15) is 0 Å². The number of rotatable bonds is 9. The molecule has 1 amide bonds. The lowest BCUT2D eigenvalue weighted by Crippen LogP contribution is -2.38. The summed E-state index contributed by atoms with van der Waals surface area (Å²) in [4.78, 5) is 19.5. The summed E-state index contributed by atoms with van der Waals surface area (Å²) in [7, 11) is 0. The predicted molar refractivity (Wildman–Crippen MR) is 146 cm³/mol. The zero-order valence-electron chi connectivity index (χ0n) is 21.2. The second kappa shape index (κ2) is 11.8. The van der Waals surface area contributed by atoms with Gasteiger partial charge < -0.3 is 10.1 Å². The van der Waals surface area contributed by atoms with Crippen LogP contribution < -0.4 is 10.1 Å². The summed E-state index contributed by atoms with van der Waals surface area (Å²) < 4.78 is 6.27. The van der Waals surface area contributed by atoms with Crippen molar-refractivity contribution in [2.24, 2.45) is 0 Å². The van der Waals surface area contributed by atoms with Crippen LogP contribution in [0, 0.1) is 0 Å². The fraction of sp³-hybridized carbons (Fsp3) is 0.250. The van der Waals surface area contributed by atoms with E-state index in [4.69, 9.17) is 4.74 Å². The quantitative estimate of drug-likeness (QED) is 0.326. The molecule has 0 unspecified atom stereocenters. The minimum absolute atomic E-state index is 0.109. The van der Waals surface area contributed by atoms with Crippen molar-refractivity contribution < 1.29 is 9.53 Å². The van der Waals surface area contributed by atoms with E-state index < -0.39 is 6.10 Å². The summed E-state index contributed by atoms with van der Waals surface area (Å²) in [6.45, 7) is 4.29. The summed E-state index contributed by atoms with van der Waals surface area (Å²) in [5.41, 5.74) is 6.16. The van der Waals surface area contributed by atoms with Gasteiger partial charge in [0.25, 0.3) is 5.91 Å². The number of nitrogens with one attached hydrogen (secondary N) is 1. The molecule has 1 aromatic heterocycles. The minimum atomic E-state index is -0.556. The molecule has 5 heteroatoms. The maximum absolute atomic E-state index is 12.9. The van der Waals surface area contributed by atoms with E-state index in [0.717, 1.165) is 30.8 Å². The Labute approximate surface area is 219 Å². The molecule has 1 N–H and O–H groups in total. The van der Waals surface area contributed by atoms with Crippen LogP contribution in [0.4, 0.5) is 0 Å². The van der Waals surface area contributed by atoms with Crippen molar-refractivity contribution in [2.75, 3.05) is 6.54 Å². The van der Waals surface area contributed by atoms with Gasteiger partial charge in [-0.25, -0.2) is 0 Å². The second-order valence-corrected chi connectivity index (χ2v) is 9.47. The average molecular weight is 492 g/mol. The molecule has 0 bridgehead atoms. The van der Waals surface area contributed by atoms with Crippen LogP contribution in [0.5, 0.6) is 5.75 Å². The summed E-state index contributed by atoms with van der Waals surface area (Å²) in [5.74, 6) is 0.620. The highest BCUT2D eigenvalue weighted by molar-refractivity contribution is 5.81. The zero-order chi connectivity index (χ0) is 25.5. The first-order chi connectivity index (χ1) is 18.2. The van der Waals surface area contributed by atoms with Crippen molar-refractivity contribution in [3.8, 4) is 5.75 Å². The number of ether oxygens (including phenoxy) is 1. The van der Waals surface area contributed by atoms with Crippen molar-refractivity contribution in [3.05, 3.63) is 131 Å². The molecule has 4 aromatic rings. The van der Waals surface area contributed by atoms with Gasteiger partial charge >= 0.3 is 0 Å². The van der Waals surface area contributed by atoms with Gasteiger partial charge in [0.15, 0.2) is 6.10 Å². The molecular weight excluding hydrogens is 458 g/mol. The van der Waals surface area contributed by atoms with Crippen molar-refractivity contribution >= 4 is 5.91 Å². The van der Waals surface area contributed by atoms with Crippen LogP contribution >= 0.6 is 0 Å². The number of benzene rings is 3. The first-order valence-electron chi connectivity index (χ1n) is 13.0. The van der Waals surface area contributed by atoms with Crippen molar-refractivity contribution in [2.45, 2.75) is 45.0 Å². The van der Waals surface area contributed by atoms with Gasteiger partial charge in [-0.15, -0.1) is 0 Å². The number of pyridine rings is 1. The smallest absolute Gasteiger partial charge is 0.261 e. The molecule has 1 aliphatic heterocycles. The monoisotopic (exact) mass is 491 g/mol. The van der Waals surface area contributed by atoms with E-state index in [-0.39, 0.29) is 11.9 Å². The topological polar surface area (TPSA) is 54.5 Å². The summed E-state index contributed by atoms with van der Waals surface area (Å²) in [5, 5.41) is 3.00. The number of hydrogen-bond acceptors (Lipinski definition) is 4. The third kappa shape index (κ3) is 6.07. The lowest BCUT2D eigenvalue weighted by Gasteiger charge is -2.38. The molecule has 5 rings (SSSR count). The van der Waals surface area contributed by atoms with E-state index >= 15 is 0 Å². The largest absolute Gasteiger partial charge is 0.481 e. The lowest BCUT2D eigenvalue weighted by molar-refractivity contribution is -0.128. The van der Waals surface area contributed by atoms with Crippen LogP contribution in [0.2, 0.25) is 0 Å². The number of nitrogens with zero attached hydrogens (tertiary/aromatic N) is 2. The molecule has 3 aromatic carbocycles. The van der Waals surface area contributed by atoms with Gasteiger partial charge in [0.2, 0.25) is 0 Å². The van der Waals surface area contributed by atoms with Crippen LogP contribution in [0.15, 0.2) is 103 Å². The molecule has 0 radical (unpaired) electrons. The Morgan fingerprint density at radius 3 is 2.43 bits per heavy atom. The van der Waals surface area contributed by atoms with Crippen LogP contribution in [0.25, 0.3) is 0 Å². The number of amides is 1. The van der Waals surface area contributed by atoms with Crippen LogP contribution in [0.3, 0.4) is 0 Å². The normalized spacial score (nSPS) is 16.0. The molecule has 0 spiro atoms. The fourth-order valence-corrected chi connectivity index (χ4v) is 5.02. The molecule has 1 aliphatic rings. The molecule has 0 aliphatic carbocycles. The van der Waals surface area contributed by atoms with Crippen LogP contribution in [-0.2, 0) is 24.3 Å². The molecule has 5 nitrogen and oxygen atoms in total. The highest BCUT2D eigenvalue weighted by Crippen LogP contribution is 2.38. The van der Waals surface area contributed by atoms with E-state index in [1.165, 1.54) is 22.3 Å². The van der Waals surface area contributed by atoms with Gasteiger partial charge in [-0.3, -0.25) is 14.7 Å². The van der Waals surface area contributed by atoms with Gasteiger partial charge in [0.1, 0.15) is 5.75 Å². The van der Waals surface area contributed by atoms with E-state index in [1.54, 1.807) is 12.4 Å². The minimum Gasteiger partial charge on any atom is -0.481 e. The average Bonchev–Trinajstić information content (AvgIpc) is 2.96. The Bertz CT molecular complexity index is 1300. The Morgan fingerprint density at radius 1 is 0.973 bits per heavy atom. The van der Waals surface area contributed by atoms with E-state index in [1.807, 2.05) is 25.1 Å². The molecular formula is C32H33N3O2. The number of aromatic nitrogens is 1. The Balaban J connectivity index is 1.38. The fourth-order valence-electron chi connectivity index (χ4n) is 5.02. The molecule has 0 fully saturated rings. The molecule has 0 saturated carbocycles. The third-order valence-electron chi connectivity index (χ3n) is 6.95. The maximum Gasteiger partial charge on any atom is 0.261 e. The van der Waals surface area contributed by atoms with E-state index in [2.05, 4.69) is 88.0 Å². The van der Waals surface area contributed by atoms with Gasteiger partial charge in [0.05, 0.1) is 6.04 Å². The zero-order valence-corrected chi connectivity index (χ0v) is 21.2. The Morgan fingerprint density at radius 2 is 1.70 bits per heavy atom. The third-order valence-corrected chi connectivity index (χ3v) is 6.95. The molecule has 2 atom stereocenters. The summed E-state index contributed by atoms with van der Waals surface area (Å²) >= 11 is 0. The van der Waals surface area contributed by atoms with Crippen LogP contribution in [-0.4, -0.2) is 28.4 Å². The maximum atomic E-state index is 12.9. The lowest BCUT2D eigenvalue weighted by atomic mass is 9.87. The van der Waals surface area contributed by atoms with E-state index in [0.29, 0.717) is 13.0 Å². The molecule has 188 valence electrons. The Kier molecular flexibility index (Phi) is 7.92. The molecule has 2 heterocycles. The summed E-state index contributed by atoms with van der Waals surface area (Å²) in [6.07, 6.45) is 4.47. The first kappa shape index (κ1) is 24.7. The van der Waals surface area contributed by atoms with Crippen molar-refractivity contribution in [1.82, 2.24) is 15.2 Å². The number of fused-ring (bicyclic) bond motifs is 1. The highest BCUT2D eigenvalue weighted by Gasteiger charge is 2.29. The highest BCUT2D eigenvalue weighted by atomic mass is 16.5. The van der Waals surface area contributed by atoms with Gasteiger partial charge in [-0.05, 0) is 64.9 Å². The SMILES string of the molecule is CC[C@@H](Oc1ccc2c(c1)[C@@H](c1ccccc1)N(Cc1ccccc1)CC2)C(=O)NCc1ccncc1. The van der Waals surface area contributed by atoms with Crippen molar-refractivity contribution in [3.63, 3.8) is 0 Å². The molecule has 0 saturated heterocycles. The van der Waals surface area contributed by atoms with E-state index in [9.17, 15) is 4.79 Å². The van der Waals surface area contributed by atoms with Gasteiger partial charge in [-0.1, -0.05) is 73.7 Å². The van der Waals surface area contributed by atoms with Gasteiger partial charge in [0, 0.05) is 32.0 Å². The first-order valence-corrected chi connectivity index (χ1v) is 13.0. The molecule has 37 heavy (non-hydrogen) atoms. The number of hydrogen-bond donors (Lipinski definition) is 1. The standard InChI is InChI=1S/C32H33N3O2/c1-2-30(32(36)34-22-24-15-18-33-19-16-24)37-28-14-13-26-17-20-35(23-25-9-5-3-6-10-25)31(29(26)21-28)27-11-7-4-8-12-27/h3-16,18-19,21,30-31H,2,17,20,22-23H2,1H3,(H,34,36)/t30-,31-/m1/s1. The predicted octanol–water partition coefficient (Wildman–Crippen LogP) is 5.70. The van der Waals surface area contributed by atoms with Crippen LogP contribution in [0.1, 0.15) is 47.2 Å². The Hall–Kier alpha value is -3.96. The number of carbonyl (C=O) groups excluding carboxylic acids is 1. The van der Waals surface area contributed by atoms with Crippen molar-refractivity contribution in [1.29, 1.82) is 0 Å². The second-order valence-electron chi connectivity index (χ2n) is 9.47.